The molecule has 0 fully saturated rings. The molecular formula is C32H25N6O8+. The number of hydrazine groups is 1. The van der Waals surface area contributed by atoms with Crippen molar-refractivity contribution < 1.29 is 33.7 Å². The summed E-state index contributed by atoms with van der Waals surface area (Å²) >= 11 is 0. The highest BCUT2D eigenvalue weighted by Crippen LogP contribution is 2.62. The monoisotopic (exact) mass is 621 g/mol. The van der Waals surface area contributed by atoms with Crippen molar-refractivity contribution in [2.24, 2.45) is 5.11 Å². The number of rotatable bonds is 8. The van der Waals surface area contributed by atoms with E-state index < -0.39 is 33.0 Å². The van der Waals surface area contributed by atoms with E-state index in [1.54, 1.807) is 60.7 Å². The molecule has 0 aliphatic carbocycles. The van der Waals surface area contributed by atoms with E-state index >= 15 is 0 Å². The summed E-state index contributed by atoms with van der Waals surface area (Å²) < 4.78 is 10.6. The first kappa shape index (κ1) is 29.6. The van der Waals surface area contributed by atoms with Crippen molar-refractivity contribution in [3.05, 3.63) is 152 Å². The van der Waals surface area contributed by atoms with E-state index in [1.165, 1.54) is 72.5 Å². The van der Waals surface area contributed by atoms with Gasteiger partial charge in [-0.1, -0.05) is 60.7 Å². The number of nitro groups is 2. The summed E-state index contributed by atoms with van der Waals surface area (Å²) in [5.41, 5.74) is 0.868. The lowest BCUT2D eigenvalue weighted by atomic mass is 9.72. The summed E-state index contributed by atoms with van der Waals surface area (Å²) in [6.45, 7) is 0. The summed E-state index contributed by atoms with van der Waals surface area (Å²) in [5.74, 6) is -1.76. The van der Waals surface area contributed by atoms with Crippen molar-refractivity contribution in [1.29, 1.82) is 0 Å². The van der Waals surface area contributed by atoms with Gasteiger partial charge in [-0.15, -0.1) is 5.43 Å². The van der Waals surface area contributed by atoms with Crippen LogP contribution in [0.25, 0.3) is 0 Å². The molecule has 0 saturated carbocycles. The second-order valence-corrected chi connectivity index (χ2v) is 10.3. The van der Waals surface area contributed by atoms with Gasteiger partial charge in [0.05, 0.1) is 24.1 Å². The van der Waals surface area contributed by atoms with Crippen LogP contribution in [0, 0.1) is 20.2 Å². The number of esters is 2. The number of ether oxygens (including phenoxy) is 2. The highest BCUT2D eigenvalue weighted by molar-refractivity contribution is 6.07. The van der Waals surface area contributed by atoms with Gasteiger partial charge in [0.15, 0.2) is 0 Å². The zero-order valence-electron chi connectivity index (χ0n) is 24.4. The largest absolute Gasteiger partial charge is 0.466 e. The maximum atomic E-state index is 14.0. The number of benzene rings is 4. The normalized spacial score (nSPS) is 20.0. The number of carbonyl (C=O) groups excluding carboxylic acids is 2. The molecule has 46 heavy (non-hydrogen) atoms. The van der Waals surface area contributed by atoms with E-state index in [-0.39, 0.29) is 28.3 Å². The Morgan fingerprint density at radius 3 is 1.74 bits per heavy atom. The van der Waals surface area contributed by atoms with E-state index in [9.17, 15) is 29.8 Å². The highest BCUT2D eigenvalue weighted by atomic mass is 16.6. The summed E-state index contributed by atoms with van der Waals surface area (Å²) in [5, 5.41) is 28.2. The van der Waals surface area contributed by atoms with Crippen LogP contribution >= 0.6 is 0 Å². The fourth-order valence-electron chi connectivity index (χ4n) is 6.07. The molecule has 2 atom stereocenters. The molecule has 2 heterocycles. The van der Waals surface area contributed by atoms with Crippen molar-refractivity contribution >= 4 is 34.7 Å². The second-order valence-electron chi connectivity index (χ2n) is 10.3. The van der Waals surface area contributed by atoms with Crippen LogP contribution in [0.1, 0.15) is 11.1 Å². The molecule has 0 amide bonds. The number of fused-ring (bicyclic) bond motifs is 1. The summed E-state index contributed by atoms with van der Waals surface area (Å²) in [4.78, 5) is 52.7. The minimum atomic E-state index is -1.74. The predicted octanol–water partition coefficient (Wildman–Crippen LogP) is 4.99. The number of anilines is 1. The molecule has 1 N–H and O–H groups in total. The van der Waals surface area contributed by atoms with Crippen LogP contribution in [0.3, 0.4) is 0 Å². The molecule has 0 bridgehead atoms. The number of nitrogens with zero attached hydrogens (tertiary/aromatic N) is 5. The third-order valence-electron chi connectivity index (χ3n) is 7.98. The lowest BCUT2D eigenvalue weighted by molar-refractivity contribution is -0.567. The molecule has 4 aromatic carbocycles. The average molecular weight is 622 g/mol. The van der Waals surface area contributed by atoms with Gasteiger partial charge in [-0.05, 0) is 17.7 Å². The van der Waals surface area contributed by atoms with Crippen molar-refractivity contribution in [3.63, 3.8) is 0 Å². The van der Waals surface area contributed by atoms with Crippen LogP contribution < -0.4 is 10.3 Å². The van der Waals surface area contributed by atoms with Gasteiger partial charge in [0.1, 0.15) is 11.3 Å². The Kier molecular flexibility index (Phi) is 7.24. The zero-order valence-corrected chi connectivity index (χ0v) is 24.4. The van der Waals surface area contributed by atoms with Crippen molar-refractivity contribution in [2.75, 3.05) is 19.1 Å². The first-order valence-corrected chi connectivity index (χ1v) is 13.8. The zero-order chi connectivity index (χ0) is 32.6. The third-order valence-corrected chi connectivity index (χ3v) is 7.98. The number of carbonyl (C=O) groups is 2. The molecule has 2 aliphatic heterocycles. The van der Waals surface area contributed by atoms with Crippen LogP contribution in [0.4, 0.5) is 22.7 Å². The Morgan fingerprint density at radius 2 is 1.24 bits per heavy atom. The Hall–Kier alpha value is -6.44. The fraction of sp³-hybridized carbons (Fsp3) is 0.125. The Balaban J connectivity index is 1.78. The van der Waals surface area contributed by atoms with Gasteiger partial charge in [0, 0.05) is 57.6 Å². The smallest absolute Gasteiger partial charge is 0.355 e. The van der Waals surface area contributed by atoms with Gasteiger partial charge in [0.25, 0.3) is 22.7 Å². The molecule has 0 radical (unpaired) electrons. The van der Waals surface area contributed by atoms with Gasteiger partial charge >= 0.3 is 11.9 Å². The maximum absolute atomic E-state index is 14.0. The van der Waals surface area contributed by atoms with E-state index in [1.807, 2.05) is 0 Å². The quantitative estimate of drug-likeness (QED) is 0.122. The lowest BCUT2D eigenvalue weighted by Crippen LogP contribution is -2.58. The van der Waals surface area contributed by atoms with Gasteiger partial charge in [-0.3, -0.25) is 25.1 Å². The van der Waals surface area contributed by atoms with Crippen molar-refractivity contribution in [2.45, 2.75) is 11.2 Å². The van der Waals surface area contributed by atoms with E-state index in [0.717, 1.165) is 0 Å². The second kappa shape index (κ2) is 11.2. The molecule has 0 spiro atoms. The SMILES string of the molecule is COC(=O)C1=C(C(=O)OC)[C@]2(c3ccccc3)N[N+](c3ccc([N+](=O)[O-])cc3)=N[C@]2(c2ccccc2)N1c1ccc([N+](=O)[O-])cc1. The Bertz CT molecular complexity index is 1930. The predicted molar refractivity (Wildman–Crippen MR) is 161 cm³/mol. The molecule has 14 heteroatoms. The van der Waals surface area contributed by atoms with Crippen LogP contribution in [0.15, 0.2) is 126 Å². The number of azo groups is 1. The minimum Gasteiger partial charge on any atom is -0.466 e. The highest BCUT2D eigenvalue weighted by Gasteiger charge is 2.77. The molecule has 6 rings (SSSR count). The minimum absolute atomic E-state index is 0.144. The first-order valence-electron chi connectivity index (χ1n) is 13.8. The number of methoxy groups -OCH3 is 2. The lowest BCUT2D eigenvalue weighted by Gasteiger charge is -2.40. The molecule has 0 aromatic heterocycles. The summed E-state index contributed by atoms with van der Waals surface area (Å²) in [6.07, 6.45) is 0. The van der Waals surface area contributed by atoms with Gasteiger partial charge in [-0.25, -0.2) is 9.59 Å². The van der Waals surface area contributed by atoms with Gasteiger partial charge in [-0.2, -0.15) is 0 Å². The van der Waals surface area contributed by atoms with Crippen LogP contribution in [0.5, 0.6) is 0 Å². The third kappa shape index (κ3) is 4.26. The number of hydrogen-bond acceptors (Lipinski definition) is 11. The Labute approximate surface area is 261 Å². The number of non-ortho nitro benzene ring substituents is 2. The average Bonchev–Trinajstić information content (AvgIpc) is 3.57. The number of nitrogens with one attached hydrogen (secondary N) is 1. The molecule has 0 saturated heterocycles. The topological polar surface area (TPSA) is 170 Å². The maximum Gasteiger partial charge on any atom is 0.355 e. The standard InChI is InChI=1S/C32H25N6O8/c1-45-29(39)27-28(30(40)46-2)35(23-13-17-25(18-14-23)37(41)42)32(22-11-7-4-8-12-22)31(27,21-9-5-3-6-10-21)33-36(34-32)24-15-19-26(20-16-24)38(43)44/h3-20H,1-2H3,(H,33,34)/q+1/t31-,32+/m0/s1. The van der Waals surface area contributed by atoms with E-state index in [4.69, 9.17) is 14.6 Å². The molecule has 2 aliphatic rings. The van der Waals surface area contributed by atoms with Gasteiger partial charge in [0.2, 0.25) is 5.54 Å². The van der Waals surface area contributed by atoms with Gasteiger partial charge < -0.3 is 9.47 Å². The first-order chi connectivity index (χ1) is 22.2. The van der Waals surface area contributed by atoms with Crippen LogP contribution in [-0.4, -0.2) is 40.8 Å². The van der Waals surface area contributed by atoms with E-state index in [2.05, 4.69) is 5.43 Å². The summed E-state index contributed by atoms with van der Waals surface area (Å²) in [6, 6.07) is 28.8. The number of hydrogen-bond donors (Lipinski definition) is 1. The Morgan fingerprint density at radius 1 is 0.739 bits per heavy atom. The molecule has 230 valence electrons. The van der Waals surface area contributed by atoms with E-state index in [0.29, 0.717) is 16.8 Å². The molecule has 14 nitrogen and oxygen atoms in total. The van der Waals surface area contributed by atoms with Crippen molar-refractivity contribution in [3.8, 4) is 0 Å². The number of nitro benzene ring substituents is 2. The molecule has 0 unspecified atom stereocenters. The molecular weight excluding hydrogens is 596 g/mol. The fourth-order valence-corrected chi connectivity index (χ4v) is 6.07. The van der Waals surface area contributed by atoms with Crippen LogP contribution in [-0.2, 0) is 30.3 Å². The van der Waals surface area contributed by atoms with Crippen molar-refractivity contribution in [1.82, 2.24) is 5.43 Å². The molecule has 4 aromatic rings. The van der Waals surface area contributed by atoms with Crippen LogP contribution in [0.2, 0.25) is 0 Å². The summed E-state index contributed by atoms with van der Waals surface area (Å²) in [7, 11) is 2.35.